The molecule has 0 radical (unpaired) electrons. The molecule has 9 heteroatoms. The van der Waals surface area contributed by atoms with Crippen molar-refractivity contribution in [3.8, 4) is 0 Å². The third-order valence-electron chi connectivity index (χ3n) is 5.01. The molecule has 27 heavy (non-hydrogen) atoms. The highest BCUT2D eigenvalue weighted by Crippen LogP contribution is 2.33. The van der Waals surface area contributed by atoms with E-state index >= 15 is 0 Å². The van der Waals surface area contributed by atoms with Crippen molar-refractivity contribution in [1.29, 1.82) is 0 Å². The van der Waals surface area contributed by atoms with E-state index < -0.39 is 11.9 Å². The largest absolute Gasteiger partial charge is 0.480 e. The van der Waals surface area contributed by atoms with E-state index in [9.17, 15) is 14.3 Å². The monoisotopic (exact) mass is 389 g/mol. The number of likely N-dealkylation sites (N-methyl/N-ethyl adjacent to an activating group) is 1. The third-order valence-corrected chi connectivity index (χ3v) is 5.20. The van der Waals surface area contributed by atoms with Gasteiger partial charge in [0.05, 0.1) is 28.4 Å². The van der Waals surface area contributed by atoms with Gasteiger partial charge in [-0.2, -0.15) is 4.39 Å². The number of halogens is 2. The van der Waals surface area contributed by atoms with Crippen LogP contribution in [0.2, 0.25) is 5.02 Å². The zero-order valence-electron chi connectivity index (χ0n) is 14.6. The van der Waals surface area contributed by atoms with Crippen molar-refractivity contribution in [2.75, 3.05) is 11.9 Å². The number of aromatic nitrogens is 4. The zero-order valence-corrected chi connectivity index (χ0v) is 15.3. The van der Waals surface area contributed by atoms with Crippen LogP contribution < -0.4 is 4.90 Å². The fourth-order valence-electron chi connectivity index (χ4n) is 3.75. The van der Waals surface area contributed by atoms with Crippen molar-refractivity contribution in [2.45, 2.75) is 31.8 Å². The second kappa shape index (κ2) is 6.77. The Hall–Kier alpha value is -2.74. The lowest BCUT2D eigenvalue weighted by atomic mass is 9.91. The van der Waals surface area contributed by atoms with Gasteiger partial charge in [0.2, 0.25) is 11.9 Å². The van der Waals surface area contributed by atoms with Gasteiger partial charge in [0.25, 0.3) is 0 Å². The van der Waals surface area contributed by atoms with Crippen molar-refractivity contribution in [3.05, 3.63) is 46.8 Å². The van der Waals surface area contributed by atoms with E-state index in [-0.39, 0.29) is 12.6 Å². The molecular weight excluding hydrogens is 373 g/mol. The van der Waals surface area contributed by atoms with Crippen molar-refractivity contribution < 1.29 is 14.3 Å². The summed E-state index contributed by atoms with van der Waals surface area (Å²) < 4.78 is 15.5. The summed E-state index contributed by atoms with van der Waals surface area (Å²) in [7, 11) is 1.91. The summed E-state index contributed by atoms with van der Waals surface area (Å²) in [6.07, 6.45) is 5.17. The maximum atomic E-state index is 13.8. The maximum absolute atomic E-state index is 13.8. The van der Waals surface area contributed by atoms with Gasteiger partial charge in [-0.15, -0.1) is 0 Å². The summed E-state index contributed by atoms with van der Waals surface area (Å²) in [4.78, 5) is 25.8. The van der Waals surface area contributed by atoms with Gasteiger partial charge in [-0.25, -0.2) is 15.0 Å². The molecule has 0 saturated carbocycles. The maximum Gasteiger partial charge on any atom is 0.323 e. The Morgan fingerprint density at radius 3 is 2.85 bits per heavy atom. The van der Waals surface area contributed by atoms with Crippen LogP contribution in [0.25, 0.3) is 11.0 Å². The predicted molar refractivity (Wildman–Crippen MR) is 98.6 cm³/mol. The smallest absolute Gasteiger partial charge is 0.323 e. The number of fused-ring (bicyclic) bond motifs is 3. The lowest BCUT2D eigenvalue weighted by Gasteiger charge is -2.31. The Balaban J connectivity index is 1.73. The van der Waals surface area contributed by atoms with Gasteiger partial charge >= 0.3 is 5.97 Å². The Morgan fingerprint density at radius 2 is 2.15 bits per heavy atom. The molecule has 3 heterocycles. The first kappa shape index (κ1) is 17.7. The highest BCUT2D eigenvalue weighted by atomic mass is 35.5. The van der Waals surface area contributed by atoms with Gasteiger partial charge in [-0.05, 0) is 31.4 Å². The quantitative estimate of drug-likeness (QED) is 0.691. The van der Waals surface area contributed by atoms with E-state index in [1.54, 1.807) is 23.0 Å². The minimum Gasteiger partial charge on any atom is -0.480 e. The number of aliphatic carboxylic acids is 1. The van der Waals surface area contributed by atoms with Gasteiger partial charge in [0, 0.05) is 24.3 Å². The number of carboxylic acids is 1. The molecule has 7 nitrogen and oxygen atoms in total. The van der Waals surface area contributed by atoms with Gasteiger partial charge < -0.3 is 14.6 Å². The Labute approximate surface area is 159 Å². The standard InChI is InChI=1S/C18H17ClFN5O2/c1-24(18-21-7-10(19)8-22-18)11-2-3-13-12(6-11)17-14(4-5-15(20)23-17)25(13)9-16(26)27/h4-5,7-8,11H,2-3,6,9H2,1H3,(H,26,27). The first-order chi connectivity index (χ1) is 12.9. The van der Waals surface area contributed by atoms with Crippen LogP contribution in [0.4, 0.5) is 10.3 Å². The Morgan fingerprint density at radius 1 is 1.41 bits per heavy atom. The topological polar surface area (TPSA) is 84.1 Å². The summed E-state index contributed by atoms with van der Waals surface area (Å²) >= 11 is 5.86. The summed E-state index contributed by atoms with van der Waals surface area (Å²) in [5, 5.41) is 9.73. The van der Waals surface area contributed by atoms with Crippen LogP contribution in [0.15, 0.2) is 24.5 Å². The number of hydrogen-bond donors (Lipinski definition) is 1. The number of nitrogens with zero attached hydrogens (tertiary/aromatic N) is 5. The normalized spacial score (nSPS) is 16.3. The fourth-order valence-corrected chi connectivity index (χ4v) is 3.85. The van der Waals surface area contributed by atoms with E-state index in [4.69, 9.17) is 11.6 Å². The van der Waals surface area contributed by atoms with E-state index in [1.807, 2.05) is 11.9 Å². The molecule has 0 aromatic carbocycles. The SMILES string of the molecule is CN(c1ncc(Cl)cn1)C1CCc2c(c3nc(F)ccc3n2CC(=O)O)C1. The van der Waals surface area contributed by atoms with E-state index in [2.05, 4.69) is 15.0 Å². The molecule has 1 aliphatic carbocycles. The summed E-state index contributed by atoms with van der Waals surface area (Å²) in [5.41, 5.74) is 2.98. The van der Waals surface area contributed by atoms with Crippen LogP contribution in [0.5, 0.6) is 0 Å². The molecule has 0 aliphatic heterocycles. The Kier molecular flexibility index (Phi) is 4.43. The average Bonchev–Trinajstić information content (AvgIpc) is 2.94. The summed E-state index contributed by atoms with van der Waals surface area (Å²) in [6.45, 7) is -0.167. The number of carboxylic acid groups (broad SMARTS) is 1. The van der Waals surface area contributed by atoms with Gasteiger partial charge in [0.1, 0.15) is 6.54 Å². The molecule has 3 aromatic heterocycles. The van der Waals surface area contributed by atoms with Crippen molar-refractivity contribution >= 4 is 34.6 Å². The van der Waals surface area contributed by atoms with Crippen LogP contribution in [0.1, 0.15) is 17.7 Å². The Bertz CT molecular complexity index is 1020. The van der Waals surface area contributed by atoms with Gasteiger partial charge in [-0.3, -0.25) is 4.79 Å². The van der Waals surface area contributed by atoms with Crippen LogP contribution in [0, 0.1) is 5.95 Å². The first-order valence-electron chi connectivity index (χ1n) is 8.52. The molecule has 1 N–H and O–H groups in total. The fraction of sp³-hybridized carbons (Fsp3) is 0.333. The molecule has 3 aromatic rings. The van der Waals surface area contributed by atoms with Crippen molar-refractivity contribution in [2.24, 2.45) is 0 Å². The van der Waals surface area contributed by atoms with E-state index in [0.29, 0.717) is 34.8 Å². The molecule has 4 rings (SSSR count). The lowest BCUT2D eigenvalue weighted by Crippen LogP contribution is -2.37. The first-order valence-corrected chi connectivity index (χ1v) is 8.90. The number of carbonyl (C=O) groups is 1. The highest BCUT2D eigenvalue weighted by molar-refractivity contribution is 6.30. The molecule has 0 amide bonds. The van der Waals surface area contributed by atoms with E-state index in [1.165, 1.54) is 6.07 Å². The minimum atomic E-state index is -0.937. The zero-order chi connectivity index (χ0) is 19.1. The third kappa shape index (κ3) is 3.21. The number of rotatable bonds is 4. The number of pyridine rings is 1. The highest BCUT2D eigenvalue weighted by Gasteiger charge is 2.30. The molecule has 1 unspecified atom stereocenters. The predicted octanol–water partition coefficient (Wildman–Crippen LogP) is 2.70. The summed E-state index contributed by atoms with van der Waals surface area (Å²) in [5.74, 6) is -0.955. The molecule has 0 saturated heterocycles. The van der Waals surface area contributed by atoms with Gasteiger partial charge in [0.15, 0.2) is 0 Å². The van der Waals surface area contributed by atoms with Crippen molar-refractivity contribution in [3.63, 3.8) is 0 Å². The molecule has 140 valence electrons. The number of anilines is 1. The molecule has 0 bridgehead atoms. The molecule has 0 spiro atoms. The van der Waals surface area contributed by atoms with Crippen LogP contribution in [-0.4, -0.2) is 43.7 Å². The van der Waals surface area contributed by atoms with Crippen LogP contribution in [-0.2, 0) is 24.2 Å². The molecule has 1 aliphatic rings. The van der Waals surface area contributed by atoms with Crippen LogP contribution in [0.3, 0.4) is 0 Å². The minimum absolute atomic E-state index is 0.0904. The van der Waals surface area contributed by atoms with E-state index in [0.717, 1.165) is 17.7 Å². The average molecular weight is 390 g/mol. The molecule has 0 fully saturated rings. The van der Waals surface area contributed by atoms with Crippen molar-refractivity contribution in [1.82, 2.24) is 19.5 Å². The van der Waals surface area contributed by atoms with Gasteiger partial charge in [-0.1, -0.05) is 11.6 Å². The molecular formula is C18H17ClFN5O2. The number of hydrogen-bond acceptors (Lipinski definition) is 5. The molecule has 1 atom stereocenters. The second-order valence-corrected chi connectivity index (χ2v) is 7.05. The van der Waals surface area contributed by atoms with Crippen LogP contribution >= 0.6 is 11.6 Å². The lowest BCUT2D eigenvalue weighted by molar-refractivity contribution is -0.137. The second-order valence-electron chi connectivity index (χ2n) is 6.62. The summed E-state index contributed by atoms with van der Waals surface area (Å²) in [6, 6.07) is 2.95.